The van der Waals surface area contributed by atoms with E-state index in [-0.39, 0.29) is 24.6 Å². The van der Waals surface area contributed by atoms with E-state index in [1.54, 1.807) is 25.1 Å². The van der Waals surface area contributed by atoms with Crippen molar-refractivity contribution in [2.75, 3.05) is 22.4 Å². The molecule has 0 aliphatic heterocycles. The van der Waals surface area contributed by atoms with Gasteiger partial charge in [-0.1, -0.05) is 23.8 Å². The molecule has 0 unspecified atom stereocenters. The Kier molecular flexibility index (Phi) is 6.74. The van der Waals surface area contributed by atoms with Gasteiger partial charge < -0.3 is 5.32 Å². The standard InChI is InChI=1S/C19H23N3O5S/c1-14-9-11-16(12-10-14)21(28(3,26)27)13-5-8-19(23)20-17-6-4-7-18(15(17)2)22(24)25/h4,6-7,9-12H,5,8,13H2,1-3H3,(H,20,23). The zero-order valence-corrected chi connectivity index (χ0v) is 16.8. The number of carbonyl (C=O) groups excluding carboxylic acids is 1. The summed E-state index contributed by atoms with van der Waals surface area (Å²) in [5.74, 6) is -0.332. The quantitative estimate of drug-likeness (QED) is 0.535. The third kappa shape index (κ3) is 5.53. The minimum atomic E-state index is -3.48. The molecule has 28 heavy (non-hydrogen) atoms. The lowest BCUT2D eigenvalue weighted by atomic mass is 10.1. The number of carbonyl (C=O) groups is 1. The van der Waals surface area contributed by atoms with Crippen LogP contribution in [0.25, 0.3) is 0 Å². The van der Waals surface area contributed by atoms with Crippen molar-refractivity contribution in [3.05, 3.63) is 63.7 Å². The Morgan fingerprint density at radius 1 is 1.14 bits per heavy atom. The molecule has 2 rings (SSSR count). The van der Waals surface area contributed by atoms with E-state index >= 15 is 0 Å². The van der Waals surface area contributed by atoms with Gasteiger partial charge in [-0.05, 0) is 38.5 Å². The Balaban J connectivity index is 2.01. The van der Waals surface area contributed by atoms with Crippen molar-refractivity contribution in [1.29, 1.82) is 0 Å². The highest BCUT2D eigenvalue weighted by Gasteiger charge is 2.18. The Morgan fingerprint density at radius 2 is 1.79 bits per heavy atom. The van der Waals surface area contributed by atoms with Crippen LogP contribution < -0.4 is 9.62 Å². The number of sulfonamides is 1. The summed E-state index contributed by atoms with van der Waals surface area (Å²) in [6, 6.07) is 11.6. The first kappa shape index (κ1) is 21.4. The fraction of sp³-hybridized carbons (Fsp3) is 0.316. The number of rotatable bonds is 8. The Morgan fingerprint density at radius 3 is 2.36 bits per heavy atom. The lowest BCUT2D eigenvalue weighted by molar-refractivity contribution is -0.385. The van der Waals surface area contributed by atoms with Crippen molar-refractivity contribution in [3.63, 3.8) is 0 Å². The molecule has 1 amide bonds. The molecule has 1 N–H and O–H groups in total. The maximum atomic E-state index is 12.2. The molecule has 8 nitrogen and oxygen atoms in total. The highest BCUT2D eigenvalue weighted by molar-refractivity contribution is 7.92. The molecule has 150 valence electrons. The van der Waals surface area contributed by atoms with E-state index in [2.05, 4.69) is 5.32 Å². The third-order valence-corrected chi connectivity index (χ3v) is 5.46. The summed E-state index contributed by atoms with van der Waals surface area (Å²) in [6.07, 6.45) is 1.51. The molecular formula is C19H23N3O5S. The van der Waals surface area contributed by atoms with Crippen molar-refractivity contribution in [3.8, 4) is 0 Å². The van der Waals surface area contributed by atoms with Crippen LogP contribution >= 0.6 is 0 Å². The third-order valence-electron chi connectivity index (χ3n) is 4.26. The van der Waals surface area contributed by atoms with Crippen molar-refractivity contribution < 1.29 is 18.1 Å². The smallest absolute Gasteiger partial charge is 0.274 e. The van der Waals surface area contributed by atoms with Gasteiger partial charge in [-0.25, -0.2) is 8.42 Å². The number of nitro groups is 1. The Hall–Kier alpha value is -2.94. The molecule has 2 aromatic carbocycles. The summed E-state index contributed by atoms with van der Waals surface area (Å²) in [5.41, 5.74) is 2.24. The van der Waals surface area contributed by atoms with Crippen LogP contribution in [0.1, 0.15) is 24.0 Å². The normalized spacial score (nSPS) is 11.1. The van der Waals surface area contributed by atoms with Crippen molar-refractivity contribution in [2.45, 2.75) is 26.7 Å². The minimum Gasteiger partial charge on any atom is -0.326 e. The largest absolute Gasteiger partial charge is 0.326 e. The summed E-state index contributed by atoms with van der Waals surface area (Å²) >= 11 is 0. The molecule has 0 saturated heterocycles. The van der Waals surface area contributed by atoms with Gasteiger partial charge in [-0.15, -0.1) is 0 Å². The topological polar surface area (TPSA) is 110 Å². The van der Waals surface area contributed by atoms with E-state index in [4.69, 9.17) is 0 Å². The molecule has 0 saturated carbocycles. The molecule has 0 bridgehead atoms. The molecule has 9 heteroatoms. The van der Waals surface area contributed by atoms with E-state index in [1.165, 1.54) is 16.4 Å². The lowest BCUT2D eigenvalue weighted by Gasteiger charge is -2.22. The molecule has 0 spiro atoms. The molecule has 0 atom stereocenters. The van der Waals surface area contributed by atoms with Gasteiger partial charge in [0.15, 0.2) is 0 Å². The van der Waals surface area contributed by atoms with Gasteiger partial charge in [-0.2, -0.15) is 0 Å². The van der Waals surface area contributed by atoms with Crippen LogP contribution in [0.4, 0.5) is 17.1 Å². The number of nitro benzene ring substituents is 1. The number of benzene rings is 2. The van der Waals surface area contributed by atoms with Crippen molar-refractivity contribution >= 4 is 33.0 Å². The zero-order valence-electron chi connectivity index (χ0n) is 16.0. The second-order valence-electron chi connectivity index (χ2n) is 6.53. The zero-order chi connectivity index (χ0) is 20.9. The average Bonchev–Trinajstić information content (AvgIpc) is 2.60. The van der Waals surface area contributed by atoms with E-state index in [1.807, 2.05) is 19.1 Å². The number of nitrogens with one attached hydrogen (secondary N) is 1. The molecule has 0 radical (unpaired) electrons. The molecular weight excluding hydrogens is 382 g/mol. The summed E-state index contributed by atoms with van der Waals surface area (Å²) in [6.45, 7) is 3.63. The second kappa shape index (κ2) is 8.83. The summed E-state index contributed by atoms with van der Waals surface area (Å²) in [5, 5.41) is 13.6. The molecule has 0 fully saturated rings. The number of hydrogen-bond acceptors (Lipinski definition) is 5. The van der Waals surface area contributed by atoms with Gasteiger partial charge in [0.25, 0.3) is 5.69 Å². The van der Waals surface area contributed by atoms with Gasteiger partial charge >= 0.3 is 0 Å². The lowest BCUT2D eigenvalue weighted by Crippen LogP contribution is -2.31. The van der Waals surface area contributed by atoms with E-state index in [0.29, 0.717) is 23.4 Å². The Bertz CT molecular complexity index is 972. The molecule has 0 aromatic heterocycles. The van der Waals surface area contributed by atoms with Crippen LogP contribution in [-0.4, -0.2) is 32.0 Å². The van der Waals surface area contributed by atoms with Crippen LogP contribution in [0, 0.1) is 24.0 Å². The maximum absolute atomic E-state index is 12.2. The van der Waals surface area contributed by atoms with E-state index in [9.17, 15) is 23.3 Å². The SMILES string of the molecule is Cc1ccc(N(CCCC(=O)Nc2cccc([N+](=O)[O-])c2C)S(C)(=O)=O)cc1. The second-order valence-corrected chi connectivity index (χ2v) is 8.44. The van der Waals surface area contributed by atoms with Gasteiger partial charge in [0.05, 0.1) is 28.1 Å². The first-order chi connectivity index (χ1) is 13.1. The maximum Gasteiger partial charge on any atom is 0.274 e. The summed E-state index contributed by atoms with van der Waals surface area (Å²) < 4.78 is 25.4. The van der Waals surface area contributed by atoms with Gasteiger partial charge in [0.2, 0.25) is 15.9 Å². The van der Waals surface area contributed by atoms with Crippen LogP contribution in [0.15, 0.2) is 42.5 Å². The number of nitrogens with zero attached hydrogens (tertiary/aromatic N) is 2. The first-order valence-corrected chi connectivity index (χ1v) is 10.5. The van der Waals surface area contributed by atoms with Crippen molar-refractivity contribution in [1.82, 2.24) is 0 Å². The predicted molar refractivity (Wildman–Crippen MR) is 109 cm³/mol. The number of hydrogen-bond donors (Lipinski definition) is 1. The highest BCUT2D eigenvalue weighted by Crippen LogP contribution is 2.25. The fourth-order valence-electron chi connectivity index (χ4n) is 2.75. The summed E-state index contributed by atoms with van der Waals surface area (Å²) in [4.78, 5) is 22.7. The molecule has 2 aromatic rings. The van der Waals surface area contributed by atoms with Crippen LogP contribution in [0.5, 0.6) is 0 Å². The molecule has 0 aliphatic carbocycles. The van der Waals surface area contributed by atoms with Gasteiger partial charge in [0, 0.05) is 19.0 Å². The number of aryl methyl sites for hydroxylation is 1. The summed E-state index contributed by atoms with van der Waals surface area (Å²) in [7, 11) is -3.48. The van der Waals surface area contributed by atoms with Crippen LogP contribution in [-0.2, 0) is 14.8 Å². The van der Waals surface area contributed by atoms with Crippen LogP contribution in [0.2, 0.25) is 0 Å². The van der Waals surface area contributed by atoms with Gasteiger partial charge in [-0.3, -0.25) is 19.2 Å². The molecule has 0 aliphatic rings. The monoisotopic (exact) mass is 405 g/mol. The number of anilines is 2. The number of amides is 1. The van der Waals surface area contributed by atoms with Gasteiger partial charge in [0.1, 0.15) is 0 Å². The Labute approximate surface area is 164 Å². The van der Waals surface area contributed by atoms with E-state index < -0.39 is 14.9 Å². The first-order valence-electron chi connectivity index (χ1n) is 8.68. The fourth-order valence-corrected chi connectivity index (χ4v) is 3.72. The van der Waals surface area contributed by atoms with Crippen LogP contribution in [0.3, 0.4) is 0 Å². The average molecular weight is 405 g/mol. The van der Waals surface area contributed by atoms with E-state index in [0.717, 1.165) is 11.8 Å². The highest BCUT2D eigenvalue weighted by atomic mass is 32.2. The van der Waals surface area contributed by atoms with Crippen molar-refractivity contribution in [2.24, 2.45) is 0 Å². The minimum absolute atomic E-state index is 0.0691. The molecule has 0 heterocycles. The predicted octanol–water partition coefficient (Wildman–Crippen LogP) is 3.40.